The number of rotatable bonds is 4. The van der Waals surface area contributed by atoms with E-state index in [-0.39, 0.29) is 24.1 Å². The van der Waals surface area contributed by atoms with Crippen LogP contribution >= 0.6 is 0 Å². The summed E-state index contributed by atoms with van der Waals surface area (Å²) in [4.78, 5) is 33.9. The van der Waals surface area contributed by atoms with Crippen molar-refractivity contribution in [3.8, 4) is 5.75 Å². The molecule has 1 amide bonds. The molecule has 1 saturated heterocycles. The SMILES string of the molecule is O=C(OC[C@H]1CCCCN1C(=O)O)Oc1ccc([N+](=O)[O-])cc1. The lowest BCUT2D eigenvalue weighted by Gasteiger charge is -2.32. The van der Waals surface area contributed by atoms with Gasteiger partial charge in [-0.25, -0.2) is 9.59 Å². The summed E-state index contributed by atoms with van der Waals surface area (Å²) < 4.78 is 9.83. The minimum atomic E-state index is -1.04. The highest BCUT2D eigenvalue weighted by Crippen LogP contribution is 2.19. The molecule has 1 fully saturated rings. The van der Waals surface area contributed by atoms with Crippen molar-refractivity contribution in [2.45, 2.75) is 25.3 Å². The Kier molecular flexibility index (Phi) is 5.34. The van der Waals surface area contributed by atoms with Gasteiger partial charge in [0.15, 0.2) is 0 Å². The van der Waals surface area contributed by atoms with Crippen molar-refractivity contribution >= 4 is 17.9 Å². The summed E-state index contributed by atoms with van der Waals surface area (Å²) in [7, 11) is 0. The lowest BCUT2D eigenvalue weighted by atomic mass is 10.0. The first-order chi connectivity index (χ1) is 11.0. The van der Waals surface area contributed by atoms with E-state index in [4.69, 9.17) is 14.6 Å². The molecule has 0 saturated carbocycles. The Balaban J connectivity index is 1.84. The monoisotopic (exact) mass is 324 g/mol. The molecule has 0 aromatic heterocycles. The quantitative estimate of drug-likeness (QED) is 0.391. The predicted molar refractivity (Wildman–Crippen MR) is 77.4 cm³/mol. The van der Waals surface area contributed by atoms with Crippen molar-refractivity contribution in [1.82, 2.24) is 4.90 Å². The standard InChI is InChI=1S/C14H16N2O7/c17-13(18)15-8-2-1-3-11(15)9-22-14(19)23-12-6-4-10(5-7-12)16(20)21/h4-7,11H,1-3,8-9H2,(H,17,18)/t11-/m1/s1. The lowest BCUT2D eigenvalue weighted by molar-refractivity contribution is -0.384. The van der Waals surface area contributed by atoms with E-state index in [2.05, 4.69) is 0 Å². The van der Waals surface area contributed by atoms with Crippen LogP contribution in [0.15, 0.2) is 24.3 Å². The molecule has 1 aliphatic heterocycles. The molecule has 1 aromatic carbocycles. The van der Waals surface area contributed by atoms with E-state index in [1.54, 1.807) is 0 Å². The van der Waals surface area contributed by atoms with Gasteiger partial charge in [-0.1, -0.05) is 0 Å². The summed E-state index contributed by atoms with van der Waals surface area (Å²) in [5.74, 6) is 0.110. The van der Waals surface area contributed by atoms with Crippen LogP contribution in [0, 0.1) is 10.1 Å². The molecule has 0 unspecified atom stereocenters. The van der Waals surface area contributed by atoms with E-state index in [0.29, 0.717) is 13.0 Å². The number of piperidine rings is 1. The van der Waals surface area contributed by atoms with E-state index in [1.807, 2.05) is 0 Å². The number of amides is 1. The molecule has 9 heteroatoms. The highest BCUT2D eigenvalue weighted by molar-refractivity contribution is 5.66. The van der Waals surface area contributed by atoms with E-state index in [1.165, 1.54) is 29.2 Å². The number of nitro benzene ring substituents is 1. The number of ether oxygens (including phenoxy) is 2. The molecule has 1 atom stereocenters. The topological polar surface area (TPSA) is 119 Å². The molecule has 1 N–H and O–H groups in total. The summed E-state index contributed by atoms with van der Waals surface area (Å²) in [6.45, 7) is 0.332. The third-order valence-corrected chi connectivity index (χ3v) is 3.52. The fourth-order valence-electron chi connectivity index (χ4n) is 2.35. The van der Waals surface area contributed by atoms with Crippen LogP contribution < -0.4 is 4.74 Å². The number of non-ortho nitro benzene ring substituents is 1. The Bertz CT molecular complexity index is 587. The second-order valence-corrected chi connectivity index (χ2v) is 5.04. The van der Waals surface area contributed by atoms with Crippen molar-refractivity contribution in [3.05, 3.63) is 34.4 Å². The van der Waals surface area contributed by atoms with Gasteiger partial charge < -0.3 is 19.5 Å². The molecule has 1 aromatic rings. The predicted octanol–water partition coefficient (Wildman–Crippen LogP) is 2.64. The molecule has 0 bridgehead atoms. The third-order valence-electron chi connectivity index (χ3n) is 3.52. The van der Waals surface area contributed by atoms with E-state index < -0.39 is 17.2 Å². The number of hydrogen-bond acceptors (Lipinski definition) is 6. The molecule has 2 rings (SSSR count). The molecule has 1 aliphatic rings. The fraction of sp³-hybridized carbons (Fsp3) is 0.429. The van der Waals surface area contributed by atoms with Crippen LogP contribution in [0.5, 0.6) is 5.75 Å². The van der Waals surface area contributed by atoms with Crippen LogP contribution in [0.3, 0.4) is 0 Å². The maximum Gasteiger partial charge on any atom is 0.513 e. The zero-order valence-corrected chi connectivity index (χ0v) is 12.2. The van der Waals surface area contributed by atoms with Crippen molar-refractivity contribution < 1.29 is 29.1 Å². The molecule has 9 nitrogen and oxygen atoms in total. The van der Waals surface area contributed by atoms with Gasteiger partial charge in [-0.15, -0.1) is 0 Å². The molecule has 1 heterocycles. The van der Waals surface area contributed by atoms with Gasteiger partial charge in [0, 0.05) is 18.7 Å². The third kappa shape index (κ3) is 4.56. The number of carbonyl (C=O) groups is 2. The summed E-state index contributed by atoms with van der Waals surface area (Å²) in [6, 6.07) is 4.59. The Morgan fingerprint density at radius 1 is 1.30 bits per heavy atom. The average Bonchev–Trinajstić information content (AvgIpc) is 2.53. The first kappa shape index (κ1) is 16.5. The van der Waals surface area contributed by atoms with Crippen LogP contribution in [-0.2, 0) is 4.74 Å². The van der Waals surface area contributed by atoms with Crippen molar-refractivity contribution in [3.63, 3.8) is 0 Å². The molecule has 0 aliphatic carbocycles. The van der Waals surface area contributed by atoms with Gasteiger partial charge in [-0.05, 0) is 31.4 Å². The lowest BCUT2D eigenvalue weighted by Crippen LogP contribution is -2.45. The smallest absolute Gasteiger partial charge is 0.465 e. The van der Waals surface area contributed by atoms with Crippen LogP contribution in [0.1, 0.15) is 19.3 Å². The van der Waals surface area contributed by atoms with Gasteiger partial charge in [0.1, 0.15) is 12.4 Å². The second-order valence-electron chi connectivity index (χ2n) is 5.04. The van der Waals surface area contributed by atoms with Crippen molar-refractivity contribution in [2.75, 3.05) is 13.2 Å². The van der Waals surface area contributed by atoms with Gasteiger partial charge >= 0.3 is 12.2 Å². The number of likely N-dealkylation sites (tertiary alicyclic amines) is 1. The molecule has 0 spiro atoms. The number of carbonyl (C=O) groups excluding carboxylic acids is 1. The van der Waals surface area contributed by atoms with Gasteiger partial charge in [0.25, 0.3) is 5.69 Å². The molecular weight excluding hydrogens is 308 g/mol. The Labute approximate surface area is 131 Å². The van der Waals surface area contributed by atoms with Gasteiger partial charge in [-0.3, -0.25) is 10.1 Å². The number of benzene rings is 1. The van der Waals surface area contributed by atoms with Gasteiger partial charge in [-0.2, -0.15) is 0 Å². The van der Waals surface area contributed by atoms with Crippen molar-refractivity contribution in [2.24, 2.45) is 0 Å². The molecule has 23 heavy (non-hydrogen) atoms. The normalized spacial score (nSPS) is 17.4. The fourth-order valence-corrected chi connectivity index (χ4v) is 2.35. The number of hydrogen-bond donors (Lipinski definition) is 1. The van der Waals surface area contributed by atoms with Crippen LogP contribution in [-0.4, -0.2) is 46.4 Å². The minimum absolute atomic E-state index is 0.0852. The first-order valence-electron chi connectivity index (χ1n) is 7.06. The first-order valence-corrected chi connectivity index (χ1v) is 7.06. The summed E-state index contributed by atoms with van der Waals surface area (Å²) in [6.07, 6.45) is 0.263. The number of nitrogens with zero attached hydrogens (tertiary/aromatic N) is 2. The van der Waals surface area contributed by atoms with Crippen LogP contribution in [0.2, 0.25) is 0 Å². The van der Waals surface area contributed by atoms with E-state index >= 15 is 0 Å². The Morgan fingerprint density at radius 3 is 2.61 bits per heavy atom. The molecule has 0 radical (unpaired) electrons. The largest absolute Gasteiger partial charge is 0.513 e. The summed E-state index contributed by atoms with van der Waals surface area (Å²) >= 11 is 0. The zero-order valence-electron chi connectivity index (χ0n) is 12.2. The van der Waals surface area contributed by atoms with E-state index in [9.17, 15) is 19.7 Å². The molecular formula is C14H16N2O7. The van der Waals surface area contributed by atoms with Gasteiger partial charge in [0.2, 0.25) is 0 Å². The Morgan fingerprint density at radius 2 is 2.00 bits per heavy atom. The highest BCUT2D eigenvalue weighted by atomic mass is 16.7. The average molecular weight is 324 g/mol. The summed E-state index contributed by atoms with van der Waals surface area (Å²) in [5.41, 5.74) is -0.120. The van der Waals surface area contributed by atoms with Crippen molar-refractivity contribution in [1.29, 1.82) is 0 Å². The maximum atomic E-state index is 11.6. The number of nitro groups is 1. The van der Waals surface area contributed by atoms with Gasteiger partial charge in [0.05, 0.1) is 11.0 Å². The van der Waals surface area contributed by atoms with E-state index in [0.717, 1.165) is 12.8 Å². The number of carboxylic acid groups (broad SMARTS) is 1. The minimum Gasteiger partial charge on any atom is -0.465 e. The highest BCUT2D eigenvalue weighted by Gasteiger charge is 2.27. The molecule has 124 valence electrons. The summed E-state index contributed by atoms with van der Waals surface area (Å²) in [5, 5.41) is 19.6. The second kappa shape index (κ2) is 7.43. The maximum absolute atomic E-state index is 11.6. The zero-order chi connectivity index (χ0) is 16.8. The Hall–Kier alpha value is -2.84. The van der Waals surface area contributed by atoms with Crippen LogP contribution in [0.4, 0.5) is 15.3 Å². The van der Waals surface area contributed by atoms with Crippen LogP contribution in [0.25, 0.3) is 0 Å².